The molecule has 1 fully saturated rings. The maximum Gasteiger partial charge on any atom is 0.263 e. The van der Waals surface area contributed by atoms with E-state index >= 15 is 0 Å². The summed E-state index contributed by atoms with van der Waals surface area (Å²) in [5.74, 6) is 1.92. The van der Waals surface area contributed by atoms with Crippen LogP contribution in [-0.2, 0) is 4.79 Å². The summed E-state index contributed by atoms with van der Waals surface area (Å²) in [5, 5.41) is 8.88. The molecule has 1 aromatic heterocycles. The van der Waals surface area contributed by atoms with Crippen LogP contribution in [0.2, 0.25) is 0 Å². The molecule has 8 heteroatoms. The molecule has 0 spiro atoms. The van der Waals surface area contributed by atoms with Crippen LogP contribution in [-0.4, -0.2) is 40.5 Å². The summed E-state index contributed by atoms with van der Waals surface area (Å²) in [5.41, 5.74) is 7.51. The summed E-state index contributed by atoms with van der Waals surface area (Å²) >= 11 is 0. The Bertz CT molecular complexity index is 1190. The summed E-state index contributed by atoms with van der Waals surface area (Å²) in [6, 6.07) is 18.8. The van der Waals surface area contributed by atoms with Gasteiger partial charge in [0.15, 0.2) is 0 Å². The van der Waals surface area contributed by atoms with E-state index in [9.17, 15) is 4.79 Å². The van der Waals surface area contributed by atoms with E-state index in [1.807, 2.05) is 54.6 Å². The molecule has 1 atom stereocenters. The number of anilines is 1. The Labute approximate surface area is 191 Å². The SMILES string of the molecule is C=C(C#N)C(=O)N1CCC(COc2ncnc(N)c2-c2ccc(Oc3ccccc3)cc2)C1. The number of aromatic nitrogens is 2. The maximum atomic E-state index is 12.1. The van der Waals surface area contributed by atoms with Crippen LogP contribution in [0.15, 0.2) is 73.1 Å². The van der Waals surface area contributed by atoms with Crippen molar-refractivity contribution in [1.82, 2.24) is 14.9 Å². The minimum atomic E-state index is -0.329. The highest BCUT2D eigenvalue weighted by Crippen LogP contribution is 2.34. The Balaban J connectivity index is 1.44. The fourth-order valence-corrected chi connectivity index (χ4v) is 3.67. The highest BCUT2D eigenvalue weighted by Gasteiger charge is 2.28. The monoisotopic (exact) mass is 441 g/mol. The molecular weight excluding hydrogens is 418 g/mol. The first kappa shape index (κ1) is 21.8. The molecular formula is C25H23N5O3. The molecule has 2 aromatic carbocycles. The van der Waals surface area contributed by atoms with Crippen molar-refractivity contribution in [1.29, 1.82) is 5.26 Å². The number of benzene rings is 2. The highest BCUT2D eigenvalue weighted by molar-refractivity contribution is 5.96. The maximum absolute atomic E-state index is 12.1. The molecule has 8 nitrogen and oxygen atoms in total. The third-order valence-corrected chi connectivity index (χ3v) is 5.39. The van der Waals surface area contributed by atoms with E-state index in [0.717, 1.165) is 17.7 Å². The third-order valence-electron chi connectivity index (χ3n) is 5.39. The number of carbonyl (C=O) groups is 1. The molecule has 1 saturated heterocycles. The molecule has 0 bridgehead atoms. The van der Waals surface area contributed by atoms with Gasteiger partial charge in [-0.2, -0.15) is 5.26 Å². The number of nitrogens with two attached hydrogens (primary N) is 1. The Morgan fingerprint density at radius 3 is 2.61 bits per heavy atom. The molecule has 3 aromatic rings. The number of amides is 1. The molecule has 1 unspecified atom stereocenters. The Morgan fingerprint density at radius 1 is 1.15 bits per heavy atom. The smallest absolute Gasteiger partial charge is 0.263 e. The van der Waals surface area contributed by atoms with Crippen molar-refractivity contribution in [2.75, 3.05) is 25.4 Å². The van der Waals surface area contributed by atoms with E-state index in [2.05, 4.69) is 16.5 Å². The number of hydrogen-bond donors (Lipinski definition) is 1. The van der Waals surface area contributed by atoms with Gasteiger partial charge in [0.2, 0.25) is 5.88 Å². The van der Waals surface area contributed by atoms with Crippen molar-refractivity contribution < 1.29 is 14.3 Å². The quantitative estimate of drug-likeness (QED) is 0.438. The van der Waals surface area contributed by atoms with Gasteiger partial charge >= 0.3 is 0 Å². The lowest BCUT2D eigenvalue weighted by Crippen LogP contribution is -2.30. The summed E-state index contributed by atoms with van der Waals surface area (Å²) in [7, 11) is 0. The minimum absolute atomic E-state index is 0.0536. The van der Waals surface area contributed by atoms with E-state index in [4.69, 9.17) is 20.5 Å². The fourth-order valence-electron chi connectivity index (χ4n) is 3.67. The van der Waals surface area contributed by atoms with Gasteiger partial charge in [-0.25, -0.2) is 9.97 Å². The summed E-state index contributed by atoms with van der Waals surface area (Å²) in [6.07, 6.45) is 2.13. The number of carbonyl (C=O) groups excluding carboxylic acids is 1. The first-order chi connectivity index (χ1) is 16.0. The van der Waals surface area contributed by atoms with Crippen LogP contribution in [0.4, 0.5) is 5.82 Å². The fraction of sp³-hybridized carbons (Fsp3) is 0.200. The summed E-state index contributed by atoms with van der Waals surface area (Å²) < 4.78 is 11.9. The van der Waals surface area contributed by atoms with Crippen LogP contribution in [0.5, 0.6) is 17.4 Å². The van der Waals surface area contributed by atoms with Crippen LogP contribution in [0.1, 0.15) is 6.42 Å². The van der Waals surface area contributed by atoms with Crippen LogP contribution in [0, 0.1) is 17.2 Å². The van der Waals surface area contributed by atoms with Gasteiger partial charge in [0, 0.05) is 19.0 Å². The van der Waals surface area contributed by atoms with Gasteiger partial charge in [-0.05, 0) is 36.2 Å². The molecule has 2 N–H and O–H groups in total. The van der Waals surface area contributed by atoms with E-state index in [0.29, 0.717) is 42.7 Å². The lowest BCUT2D eigenvalue weighted by Gasteiger charge is -2.17. The Morgan fingerprint density at radius 2 is 1.88 bits per heavy atom. The van der Waals surface area contributed by atoms with Crippen LogP contribution in [0.3, 0.4) is 0 Å². The van der Waals surface area contributed by atoms with Crippen LogP contribution >= 0.6 is 0 Å². The highest BCUT2D eigenvalue weighted by atomic mass is 16.5. The van der Waals surface area contributed by atoms with E-state index in [1.54, 1.807) is 11.0 Å². The van der Waals surface area contributed by atoms with Crippen molar-refractivity contribution in [3.8, 4) is 34.6 Å². The molecule has 1 amide bonds. The predicted molar refractivity (Wildman–Crippen MR) is 123 cm³/mol. The number of nitriles is 1. The minimum Gasteiger partial charge on any atom is -0.477 e. The van der Waals surface area contributed by atoms with Gasteiger partial charge < -0.3 is 20.1 Å². The van der Waals surface area contributed by atoms with Gasteiger partial charge in [0.1, 0.15) is 35.3 Å². The first-order valence-electron chi connectivity index (χ1n) is 10.5. The number of nitrogen functional groups attached to an aromatic ring is 1. The van der Waals surface area contributed by atoms with Crippen LogP contribution in [0.25, 0.3) is 11.1 Å². The number of ether oxygens (including phenoxy) is 2. The zero-order valence-corrected chi connectivity index (χ0v) is 18.0. The van der Waals surface area contributed by atoms with Crippen molar-refractivity contribution in [2.45, 2.75) is 6.42 Å². The number of hydrogen-bond acceptors (Lipinski definition) is 7. The average molecular weight is 441 g/mol. The average Bonchev–Trinajstić information content (AvgIpc) is 3.32. The van der Waals surface area contributed by atoms with E-state index in [1.165, 1.54) is 6.33 Å². The molecule has 166 valence electrons. The first-order valence-corrected chi connectivity index (χ1v) is 10.5. The Kier molecular flexibility index (Phi) is 6.51. The van der Waals surface area contributed by atoms with E-state index < -0.39 is 0 Å². The standard InChI is InChI=1S/C25H23N5O3/c1-17(13-26)25(31)30-12-11-18(14-30)15-32-24-22(23(27)28-16-29-24)19-7-9-21(10-8-19)33-20-5-3-2-4-6-20/h2-10,16,18H,1,11-12,14-15H2,(H2,27,28,29). The lowest BCUT2D eigenvalue weighted by molar-refractivity contribution is -0.125. The largest absolute Gasteiger partial charge is 0.477 e. The summed E-state index contributed by atoms with van der Waals surface area (Å²) in [4.78, 5) is 22.2. The normalized spacial score (nSPS) is 15.0. The third kappa shape index (κ3) is 5.10. The zero-order chi connectivity index (χ0) is 23.2. The number of rotatable bonds is 7. The van der Waals surface area contributed by atoms with Crippen molar-refractivity contribution >= 4 is 11.7 Å². The van der Waals surface area contributed by atoms with Gasteiger partial charge in [0.05, 0.1) is 12.2 Å². The van der Waals surface area contributed by atoms with E-state index in [-0.39, 0.29) is 17.4 Å². The number of para-hydroxylation sites is 1. The lowest BCUT2D eigenvalue weighted by atomic mass is 10.1. The second kappa shape index (κ2) is 9.83. The molecule has 33 heavy (non-hydrogen) atoms. The molecule has 2 heterocycles. The molecule has 1 aliphatic rings. The van der Waals surface area contributed by atoms with Gasteiger partial charge in [-0.1, -0.05) is 36.9 Å². The van der Waals surface area contributed by atoms with Gasteiger partial charge in [-0.3, -0.25) is 4.79 Å². The molecule has 4 rings (SSSR count). The van der Waals surface area contributed by atoms with Crippen molar-refractivity contribution in [2.24, 2.45) is 5.92 Å². The van der Waals surface area contributed by atoms with Gasteiger partial charge in [-0.15, -0.1) is 0 Å². The van der Waals surface area contributed by atoms with Crippen molar-refractivity contribution in [3.63, 3.8) is 0 Å². The second-order valence-electron chi connectivity index (χ2n) is 7.69. The number of nitrogens with zero attached hydrogens (tertiary/aromatic N) is 4. The predicted octanol–water partition coefficient (Wildman–Crippen LogP) is 3.83. The second-order valence-corrected chi connectivity index (χ2v) is 7.69. The number of likely N-dealkylation sites (tertiary alicyclic amines) is 1. The molecule has 1 aliphatic heterocycles. The Hall–Kier alpha value is -4.38. The topological polar surface area (TPSA) is 114 Å². The summed E-state index contributed by atoms with van der Waals surface area (Å²) in [6.45, 7) is 4.93. The van der Waals surface area contributed by atoms with Crippen molar-refractivity contribution in [3.05, 3.63) is 73.1 Å². The zero-order valence-electron chi connectivity index (χ0n) is 18.0. The molecule has 0 saturated carbocycles. The van der Waals surface area contributed by atoms with Gasteiger partial charge in [0.25, 0.3) is 5.91 Å². The van der Waals surface area contributed by atoms with Crippen LogP contribution < -0.4 is 15.2 Å². The molecule has 0 radical (unpaired) electrons. The molecule has 0 aliphatic carbocycles.